The standard InChI is InChI=1S/C9H13NS/c1-7(10)8-5-3-4-6-9(8)11-2/h3-7H,10H2,1-2H3/t7-/m1/s1. The van der Waals surface area contributed by atoms with E-state index in [9.17, 15) is 0 Å². The summed E-state index contributed by atoms with van der Waals surface area (Å²) in [4.78, 5) is 1.28. The Morgan fingerprint density at radius 3 is 2.45 bits per heavy atom. The molecule has 0 radical (unpaired) electrons. The van der Waals surface area contributed by atoms with Crippen molar-refractivity contribution in [2.24, 2.45) is 5.73 Å². The molecule has 1 atom stereocenters. The van der Waals surface area contributed by atoms with Gasteiger partial charge in [0.15, 0.2) is 0 Å². The monoisotopic (exact) mass is 167 g/mol. The van der Waals surface area contributed by atoms with Crippen molar-refractivity contribution < 1.29 is 0 Å². The number of hydrogen-bond donors (Lipinski definition) is 1. The molecular weight excluding hydrogens is 154 g/mol. The minimum atomic E-state index is 0.138. The highest BCUT2D eigenvalue weighted by Gasteiger charge is 2.03. The van der Waals surface area contributed by atoms with Crippen LogP contribution in [-0.2, 0) is 0 Å². The first kappa shape index (κ1) is 8.62. The molecule has 0 aromatic heterocycles. The van der Waals surface area contributed by atoms with Crippen molar-refractivity contribution in [2.45, 2.75) is 17.9 Å². The van der Waals surface area contributed by atoms with Gasteiger partial charge in [0.25, 0.3) is 0 Å². The quantitative estimate of drug-likeness (QED) is 0.685. The molecule has 0 aliphatic heterocycles. The maximum atomic E-state index is 5.78. The predicted octanol–water partition coefficient (Wildman–Crippen LogP) is 2.43. The summed E-state index contributed by atoms with van der Waals surface area (Å²) >= 11 is 1.74. The summed E-state index contributed by atoms with van der Waals surface area (Å²) in [5.74, 6) is 0. The third-order valence-corrected chi connectivity index (χ3v) is 2.44. The minimum absolute atomic E-state index is 0.138. The van der Waals surface area contributed by atoms with Gasteiger partial charge in [0.1, 0.15) is 0 Å². The Morgan fingerprint density at radius 2 is 2.00 bits per heavy atom. The van der Waals surface area contributed by atoms with Crippen LogP contribution in [0.15, 0.2) is 29.2 Å². The topological polar surface area (TPSA) is 26.0 Å². The number of thioether (sulfide) groups is 1. The van der Waals surface area contributed by atoms with E-state index in [0.717, 1.165) is 0 Å². The molecule has 11 heavy (non-hydrogen) atoms. The van der Waals surface area contributed by atoms with Crippen LogP contribution in [0, 0.1) is 0 Å². The average Bonchev–Trinajstić information content (AvgIpc) is 2.04. The van der Waals surface area contributed by atoms with Gasteiger partial charge >= 0.3 is 0 Å². The highest BCUT2D eigenvalue weighted by molar-refractivity contribution is 7.98. The number of hydrogen-bond acceptors (Lipinski definition) is 2. The van der Waals surface area contributed by atoms with Gasteiger partial charge in [-0.3, -0.25) is 0 Å². The molecule has 1 aromatic carbocycles. The zero-order valence-electron chi connectivity index (χ0n) is 6.87. The van der Waals surface area contributed by atoms with E-state index in [0.29, 0.717) is 0 Å². The van der Waals surface area contributed by atoms with Crippen LogP contribution in [0.1, 0.15) is 18.5 Å². The van der Waals surface area contributed by atoms with E-state index >= 15 is 0 Å². The summed E-state index contributed by atoms with van der Waals surface area (Å²) in [5, 5.41) is 0. The Bertz CT molecular complexity index is 233. The third kappa shape index (κ3) is 1.98. The zero-order valence-corrected chi connectivity index (χ0v) is 7.69. The summed E-state index contributed by atoms with van der Waals surface area (Å²) in [6.07, 6.45) is 2.07. The van der Waals surface area contributed by atoms with Gasteiger partial charge in [-0.2, -0.15) is 0 Å². The van der Waals surface area contributed by atoms with Crippen LogP contribution in [0.3, 0.4) is 0 Å². The molecule has 1 aromatic rings. The fraction of sp³-hybridized carbons (Fsp3) is 0.333. The van der Waals surface area contributed by atoms with Crippen molar-refractivity contribution in [3.8, 4) is 0 Å². The second kappa shape index (κ2) is 3.79. The van der Waals surface area contributed by atoms with E-state index in [-0.39, 0.29) is 6.04 Å². The van der Waals surface area contributed by atoms with E-state index in [2.05, 4.69) is 18.4 Å². The molecule has 0 heterocycles. The maximum absolute atomic E-state index is 5.78. The lowest BCUT2D eigenvalue weighted by atomic mass is 10.1. The van der Waals surface area contributed by atoms with E-state index in [1.165, 1.54) is 10.5 Å². The average molecular weight is 167 g/mol. The molecule has 0 aliphatic carbocycles. The first-order chi connectivity index (χ1) is 5.25. The van der Waals surface area contributed by atoms with Crippen LogP contribution in [0.2, 0.25) is 0 Å². The van der Waals surface area contributed by atoms with Crippen LogP contribution in [-0.4, -0.2) is 6.26 Å². The van der Waals surface area contributed by atoms with Crippen LogP contribution >= 0.6 is 11.8 Å². The van der Waals surface area contributed by atoms with Crippen LogP contribution in [0.4, 0.5) is 0 Å². The normalized spacial score (nSPS) is 13.0. The Kier molecular flexibility index (Phi) is 2.97. The van der Waals surface area contributed by atoms with Crippen LogP contribution in [0.25, 0.3) is 0 Å². The number of benzene rings is 1. The molecule has 60 valence electrons. The Labute approximate surface area is 72.0 Å². The fourth-order valence-corrected chi connectivity index (χ4v) is 1.75. The summed E-state index contributed by atoms with van der Waals surface area (Å²) in [6, 6.07) is 8.38. The van der Waals surface area contributed by atoms with Gasteiger partial charge in [0, 0.05) is 10.9 Å². The maximum Gasteiger partial charge on any atom is 0.0277 e. The van der Waals surface area contributed by atoms with Crippen molar-refractivity contribution in [3.05, 3.63) is 29.8 Å². The third-order valence-electron chi connectivity index (χ3n) is 1.63. The minimum Gasteiger partial charge on any atom is -0.324 e. The Morgan fingerprint density at radius 1 is 1.36 bits per heavy atom. The molecule has 1 rings (SSSR count). The van der Waals surface area contributed by atoms with E-state index in [1.807, 2.05) is 19.1 Å². The van der Waals surface area contributed by atoms with Gasteiger partial charge in [-0.15, -0.1) is 11.8 Å². The van der Waals surface area contributed by atoms with Gasteiger partial charge in [-0.1, -0.05) is 18.2 Å². The van der Waals surface area contributed by atoms with Crippen molar-refractivity contribution >= 4 is 11.8 Å². The predicted molar refractivity (Wildman–Crippen MR) is 50.8 cm³/mol. The molecule has 0 amide bonds. The second-order valence-electron chi connectivity index (χ2n) is 2.53. The summed E-state index contributed by atoms with van der Waals surface area (Å²) in [7, 11) is 0. The molecule has 0 unspecified atom stereocenters. The second-order valence-corrected chi connectivity index (χ2v) is 3.38. The lowest BCUT2D eigenvalue weighted by Crippen LogP contribution is -2.05. The van der Waals surface area contributed by atoms with E-state index < -0.39 is 0 Å². The van der Waals surface area contributed by atoms with Gasteiger partial charge in [-0.25, -0.2) is 0 Å². The van der Waals surface area contributed by atoms with Crippen molar-refractivity contribution in [2.75, 3.05) is 6.26 Å². The first-order valence-electron chi connectivity index (χ1n) is 3.64. The SMILES string of the molecule is CSc1ccccc1[C@@H](C)N. The lowest BCUT2D eigenvalue weighted by molar-refractivity contribution is 0.798. The van der Waals surface area contributed by atoms with Gasteiger partial charge in [-0.05, 0) is 24.8 Å². The van der Waals surface area contributed by atoms with Crippen molar-refractivity contribution in [1.29, 1.82) is 0 Å². The van der Waals surface area contributed by atoms with Crippen LogP contribution in [0.5, 0.6) is 0 Å². The summed E-state index contributed by atoms with van der Waals surface area (Å²) in [5.41, 5.74) is 7.01. The zero-order chi connectivity index (χ0) is 8.27. The highest BCUT2D eigenvalue weighted by Crippen LogP contribution is 2.23. The number of rotatable bonds is 2. The molecule has 0 fully saturated rings. The summed E-state index contributed by atoms with van der Waals surface area (Å²) in [6.45, 7) is 2.01. The Balaban J connectivity index is 3.02. The first-order valence-corrected chi connectivity index (χ1v) is 4.86. The lowest BCUT2D eigenvalue weighted by Gasteiger charge is -2.09. The molecule has 0 saturated heterocycles. The number of nitrogens with two attached hydrogens (primary N) is 1. The Hall–Kier alpha value is -0.470. The molecular formula is C9H13NS. The van der Waals surface area contributed by atoms with Crippen LogP contribution < -0.4 is 5.73 Å². The molecule has 1 nitrogen and oxygen atoms in total. The molecule has 2 heteroatoms. The molecule has 0 saturated carbocycles. The largest absolute Gasteiger partial charge is 0.324 e. The van der Waals surface area contributed by atoms with Gasteiger partial charge in [0.2, 0.25) is 0 Å². The van der Waals surface area contributed by atoms with Crippen molar-refractivity contribution in [3.63, 3.8) is 0 Å². The van der Waals surface area contributed by atoms with E-state index in [4.69, 9.17) is 5.73 Å². The van der Waals surface area contributed by atoms with Gasteiger partial charge in [0.05, 0.1) is 0 Å². The smallest absolute Gasteiger partial charge is 0.0277 e. The molecule has 0 spiro atoms. The molecule has 0 aliphatic rings. The molecule has 2 N–H and O–H groups in total. The summed E-state index contributed by atoms with van der Waals surface area (Å²) < 4.78 is 0. The van der Waals surface area contributed by atoms with Crippen molar-refractivity contribution in [1.82, 2.24) is 0 Å². The highest BCUT2D eigenvalue weighted by atomic mass is 32.2. The van der Waals surface area contributed by atoms with Gasteiger partial charge < -0.3 is 5.73 Å². The van der Waals surface area contributed by atoms with E-state index in [1.54, 1.807) is 11.8 Å². The fourth-order valence-electron chi connectivity index (χ4n) is 1.04. The molecule has 0 bridgehead atoms.